The molecule has 6 heteroatoms. The van der Waals surface area contributed by atoms with Crippen LogP contribution in [-0.2, 0) is 28.6 Å². The molecule has 0 rings (SSSR count). The zero-order valence-corrected chi connectivity index (χ0v) is 43.7. The Balaban J connectivity index is 4.41. The Hall–Kier alpha value is -2.89. The highest BCUT2D eigenvalue weighted by Gasteiger charge is 2.19. The summed E-state index contributed by atoms with van der Waals surface area (Å²) in [6.45, 7) is 6.52. The molecule has 0 bridgehead atoms. The van der Waals surface area contributed by atoms with Gasteiger partial charge in [-0.3, -0.25) is 14.4 Å². The number of carbonyl (C=O) groups excluding carboxylic acids is 3. The van der Waals surface area contributed by atoms with E-state index >= 15 is 0 Å². The van der Waals surface area contributed by atoms with Gasteiger partial charge in [0.25, 0.3) is 0 Å². The Morgan fingerprint density at radius 3 is 0.955 bits per heavy atom. The van der Waals surface area contributed by atoms with Gasteiger partial charge in [0.15, 0.2) is 6.10 Å². The van der Waals surface area contributed by atoms with E-state index in [9.17, 15) is 14.4 Å². The smallest absolute Gasteiger partial charge is 0.306 e. The van der Waals surface area contributed by atoms with Crippen LogP contribution in [0.4, 0.5) is 0 Å². The molecular formula is C60H106O6. The van der Waals surface area contributed by atoms with Crippen molar-refractivity contribution in [3.63, 3.8) is 0 Å². The average Bonchev–Trinajstić information content (AvgIpc) is 3.31. The topological polar surface area (TPSA) is 78.9 Å². The van der Waals surface area contributed by atoms with Gasteiger partial charge in [0.2, 0.25) is 0 Å². The number of hydrogen-bond donors (Lipinski definition) is 0. The summed E-state index contributed by atoms with van der Waals surface area (Å²) < 4.78 is 16.8. The van der Waals surface area contributed by atoms with Crippen molar-refractivity contribution in [2.45, 2.75) is 290 Å². The minimum Gasteiger partial charge on any atom is -0.462 e. The first-order valence-corrected chi connectivity index (χ1v) is 28.3. The molecule has 0 aliphatic heterocycles. The molecule has 0 aliphatic carbocycles. The van der Waals surface area contributed by atoms with E-state index in [-0.39, 0.29) is 31.1 Å². The molecule has 0 aromatic rings. The van der Waals surface area contributed by atoms with Crippen LogP contribution < -0.4 is 0 Å². The molecule has 382 valence electrons. The van der Waals surface area contributed by atoms with Crippen molar-refractivity contribution >= 4 is 17.9 Å². The van der Waals surface area contributed by atoms with Crippen LogP contribution in [0.3, 0.4) is 0 Å². The molecule has 0 saturated carbocycles. The van der Waals surface area contributed by atoms with Crippen molar-refractivity contribution < 1.29 is 28.6 Å². The summed E-state index contributed by atoms with van der Waals surface area (Å²) in [6.07, 6.45) is 67.8. The third kappa shape index (κ3) is 52.1. The Kier molecular flexibility index (Phi) is 52.3. The fraction of sp³-hybridized carbons (Fsp3) is 0.783. The summed E-state index contributed by atoms with van der Waals surface area (Å²) >= 11 is 0. The summed E-state index contributed by atoms with van der Waals surface area (Å²) in [4.78, 5) is 38.1. The molecule has 0 spiro atoms. The first kappa shape index (κ1) is 63.1. The maximum absolute atomic E-state index is 12.8. The number of unbranched alkanes of at least 4 members (excludes halogenated alkanes) is 30. The fourth-order valence-corrected chi connectivity index (χ4v) is 8.02. The quantitative estimate of drug-likeness (QED) is 0.0262. The molecule has 1 unspecified atom stereocenters. The van der Waals surface area contributed by atoms with Gasteiger partial charge in [-0.15, -0.1) is 0 Å². The zero-order chi connectivity index (χ0) is 47.9. The largest absolute Gasteiger partial charge is 0.462 e. The van der Waals surface area contributed by atoms with Gasteiger partial charge in [-0.25, -0.2) is 0 Å². The Morgan fingerprint density at radius 1 is 0.318 bits per heavy atom. The lowest BCUT2D eigenvalue weighted by Gasteiger charge is -2.18. The highest BCUT2D eigenvalue weighted by molar-refractivity contribution is 5.71. The summed E-state index contributed by atoms with van der Waals surface area (Å²) in [6, 6.07) is 0. The normalized spacial score (nSPS) is 12.5. The predicted octanol–water partition coefficient (Wildman–Crippen LogP) is 18.8. The van der Waals surface area contributed by atoms with Gasteiger partial charge in [-0.1, -0.05) is 242 Å². The van der Waals surface area contributed by atoms with E-state index in [0.717, 1.165) is 89.9 Å². The minimum atomic E-state index is -0.791. The van der Waals surface area contributed by atoms with Gasteiger partial charge in [-0.2, -0.15) is 0 Å². The van der Waals surface area contributed by atoms with Gasteiger partial charge < -0.3 is 14.2 Å². The highest BCUT2D eigenvalue weighted by Crippen LogP contribution is 2.16. The average molecular weight is 924 g/mol. The Bertz CT molecular complexity index is 1200. The standard InChI is InChI=1S/C60H106O6/c1-4-7-10-13-16-19-22-25-28-30-33-35-38-41-44-47-50-53-59(62)65-56-57(55-64-58(61)52-49-46-43-40-37-34-31-27-24-21-18-15-12-9-6-3)66-60(63)54-51-48-45-42-39-36-32-29-26-23-20-17-14-11-8-5-2/h8,11,17,20,25-26,28-29,36,39,57H,4-7,9-10,12-16,18-19,21-24,27,30-35,37-38,40-56H2,1-3H3/b11-8-,20-17-,28-25-,29-26-,39-36-. The van der Waals surface area contributed by atoms with Gasteiger partial charge in [0.05, 0.1) is 0 Å². The highest BCUT2D eigenvalue weighted by atomic mass is 16.6. The number of hydrogen-bond acceptors (Lipinski definition) is 6. The van der Waals surface area contributed by atoms with Crippen LogP contribution in [0.1, 0.15) is 284 Å². The van der Waals surface area contributed by atoms with E-state index in [2.05, 4.69) is 81.5 Å². The number of rotatable bonds is 51. The zero-order valence-electron chi connectivity index (χ0n) is 43.7. The van der Waals surface area contributed by atoms with Gasteiger partial charge in [-0.05, 0) is 83.5 Å². The summed E-state index contributed by atoms with van der Waals surface area (Å²) in [7, 11) is 0. The molecule has 1 atom stereocenters. The van der Waals surface area contributed by atoms with E-state index in [4.69, 9.17) is 14.2 Å². The van der Waals surface area contributed by atoms with Crippen LogP contribution in [0.15, 0.2) is 60.8 Å². The minimum absolute atomic E-state index is 0.0860. The van der Waals surface area contributed by atoms with Crippen LogP contribution in [0.25, 0.3) is 0 Å². The molecule has 66 heavy (non-hydrogen) atoms. The van der Waals surface area contributed by atoms with Crippen molar-refractivity contribution in [1.82, 2.24) is 0 Å². The van der Waals surface area contributed by atoms with Gasteiger partial charge >= 0.3 is 17.9 Å². The lowest BCUT2D eigenvalue weighted by atomic mass is 10.0. The number of ether oxygens (including phenoxy) is 3. The second-order valence-corrected chi connectivity index (χ2v) is 18.8. The van der Waals surface area contributed by atoms with Crippen molar-refractivity contribution in [2.75, 3.05) is 13.2 Å². The molecule has 0 aromatic carbocycles. The van der Waals surface area contributed by atoms with Crippen molar-refractivity contribution in [3.8, 4) is 0 Å². The monoisotopic (exact) mass is 923 g/mol. The third-order valence-corrected chi connectivity index (χ3v) is 12.3. The molecule has 6 nitrogen and oxygen atoms in total. The molecule has 0 saturated heterocycles. The van der Waals surface area contributed by atoms with Crippen LogP contribution in [0.2, 0.25) is 0 Å². The first-order valence-electron chi connectivity index (χ1n) is 28.3. The lowest BCUT2D eigenvalue weighted by molar-refractivity contribution is -0.167. The molecule has 0 aliphatic rings. The van der Waals surface area contributed by atoms with E-state index in [0.29, 0.717) is 19.3 Å². The van der Waals surface area contributed by atoms with E-state index in [1.54, 1.807) is 0 Å². The van der Waals surface area contributed by atoms with Crippen molar-refractivity contribution in [2.24, 2.45) is 0 Å². The predicted molar refractivity (Wildman–Crippen MR) is 284 cm³/mol. The molecule has 0 heterocycles. The summed E-state index contributed by atoms with van der Waals surface area (Å²) in [5.41, 5.74) is 0. The molecular weight excluding hydrogens is 817 g/mol. The van der Waals surface area contributed by atoms with Crippen LogP contribution in [0, 0.1) is 0 Å². The fourth-order valence-electron chi connectivity index (χ4n) is 8.02. The lowest BCUT2D eigenvalue weighted by Crippen LogP contribution is -2.30. The SMILES string of the molecule is CC/C=C\C/C=C\C/C=C\C/C=C\CCCCCC(=O)OC(COC(=O)CCCCCCCCC/C=C\CCCCCCCC)COC(=O)CCCCCCCCCCCCCCCCC. The number of carbonyl (C=O) groups is 3. The Labute approximate surface area is 409 Å². The second-order valence-electron chi connectivity index (χ2n) is 18.8. The maximum Gasteiger partial charge on any atom is 0.306 e. The Morgan fingerprint density at radius 2 is 0.591 bits per heavy atom. The molecule has 0 aromatic heterocycles. The summed E-state index contributed by atoms with van der Waals surface area (Å²) in [5.74, 6) is -0.911. The molecule has 0 fully saturated rings. The van der Waals surface area contributed by atoms with Crippen LogP contribution in [-0.4, -0.2) is 37.2 Å². The van der Waals surface area contributed by atoms with E-state index in [1.807, 2.05) is 0 Å². The number of allylic oxidation sites excluding steroid dienone is 10. The van der Waals surface area contributed by atoms with Gasteiger partial charge in [0, 0.05) is 19.3 Å². The molecule has 0 N–H and O–H groups in total. The van der Waals surface area contributed by atoms with Crippen molar-refractivity contribution in [3.05, 3.63) is 60.8 Å². The third-order valence-electron chi connectivity index (χ3n) is 12.3. The van der Waals surface area contributed by atoms with Crippen LogP contribution >= 0.6 is 0 Å². The molecule has 0 amide bonds. The van der Waals surface area contributed by atoms with E-state index < -0.39 is 6.10 Å². The summed E-state index contributed by atoms with van der Waals surface area (Å²) in [5, 5.41) is 0. The van der Waals surface area contributed by atoms with Crippen LogP contribution in [0.5, 0.6) is 0 Å². The second kappa shape index (κ2) is 54.7. The van der Waals surface area contributed by atoms with Crippen molar-refractivity contribution in [1.29, 1.82) is 0 Å². The molecule has 0 radical (unpaired) electrons. The maximum atomic E-state index is 12.8. The van der Waals surface area contributed by atoms with E-state index in [1.165, 1.54) is 154 Å². The number of esters is 3. The van der Waals surface area contributed by atoms with Gasteiger partial charge in [0.1, 0.15) is 13.2 Å². The first-order chi connectivity index (χ1) is 32.5.